The lowest BCUT2D eigenvalue weighted by Gasteiger charge is -2.06. The molecule has 0 radical (unpaired) electrons. The molecule has 0 aliphatic carbocycles. The van der Waals surface area contributed by atoms with E-state index in [1.807, 2.05) is 19.1 Å². The van der Waals surface area contributed by atoms with Gasteiger partial charge in [0.15, 0.2) is 5.82 Å². The summed E-state index contributed by atoms with van der Waals surface area (Å²) in [7, 11) is 0. The van der Waals surface area contributed by atoms with Crippen LogP contribution in [0.1, 0.15) is 29.0 Å². The molecule has 0 unspecified atom stereocenters. The molecule has 3 aromatic rings. The predicted octanol–water partition coefficient (Wildman–Crippen LogP) is 1.19. The Labute approximate surface area is 132 Å². The van der Waals surface area contributed by atoms with Gasteiger partial charge in [-0.05, 0) is 18.2 Å². The molecule has 1 N–H and O–H groups in total. The second-order valence-electron chi connectivity index (χ2n) is 4.88. The molecule has 0 aliphatic heterocycles. The zero-order valence-electron chi connectivity index (χ0n) is 12.6. The zero-order chi connectivity index (χ0) is 16.1. The summed E-state index contributed by atoms with van der Waals surface area (Å²) in [5.74, 6) is 1.05. The van der Waals surface area contributed by atoms with E-state index in [9.17, 15) is 4.79 Å². The molecule has 0 atom stereocenters. The van der Waals surface area contributed by atoms with E-state index in [0.29, 0.717) is 36.7 Å². The highest BCUT2D eigenvalue weighted by atomic mass is 16.5. The average molecular weight is 312 g/mol. The third-order valence-electron chi connectivity index (χ3n) is 3.27. The van der Waals surface area contributed by atoms with Crippen LogP contribution in [-0.2, 0) is 12.8 Å². The van der Waals surface area contributed by atoms with Gasteiger partial charge in [-0.2, -0.15) is 4.98 Å². The van der Waals surface area contributed by atoms with Crippen LogP contribution in [0, 0.1) is 0 Å². The zero-order valence-corrected chi connectivity index (χ0v) is 12.6. The highest BCUT2D eigenvalue weighted by molar-refractivity contribution is 5.94. The molecule has 1 aromatic carbocycles. The fourth-order valence-corrected chi connectivity index (χ4v) is 2.07. The van der Waals surface area contributed by atoms with Crippen LogP contribution in [0.2, 0.25) is 0 Å². The molecule has 2 aromatic heterocycles. The number of nitrogens with zero attached hydrogens (tertiary/aromatic N) is 5. The number of rotatable bonds is 6. The summed E-state index contributed by atoms with van der Waals surface area (Å²) >= 11 is 0. The molecule has 2 heterocycles. The van der Waals surface area contributed by atoms with Gasteiger partial charge in [-0.25, -0.2) is 0 Å². The monoisotopic (exact) mass is 312 g/mol. The third-order valence-corrected chi connectivity index (χ3v) is 3.27. The topological polar surface area (TPSA) is 98.7 Å². The van der Waals surface area contributed by atoms with E-state index in [4.69, 9.17) is 4.52 Å². The van der Waals surface area contributed by atoms with Crippen molar-refractivity contribution in [3.05, 3.63) is 54.2 Å². The SMILES string of the molecule is CCc1nc(CCNC(=O)c2cccc(-n3cnnc3)c2)no1. The van der Waals surface area contributed by atoms with E-state index in [-0.39, 0.29) is 5.91 Å². The first-order chi connectivity index (χ1) is 11.3. The first kappa shape index (κ1) is 14.9. The number of hydrogen-bond donors (Lipinski definition) is 1. The predicted molar refractivity (Wildman–Crippen MR) is 81.1 cm³/mol. The number of carbonyl (C=O) groups excluding carboxylic acids is 1. The Hall–Kier alpha value is -3.03. The normalized spacial score (nSPS) is 10.7. The first-order valence-corrected chi connectivity index (χ1v) is 7.31. The van der Waals surface area contributed by atoms with Crippen molar-refractivity contribution in [2.24, 2.45) is 0 Å². The summed E-state index contributed by atoms with van der Waals surface area (Å²) in [5, 5.41) is 14.2. The first-order valence-electron chi connectivity index (χ1n) is 7.31. The second-order valence-corrected chi connectivity index (χ2v) is 4.88. The lowest BCUT2D eigenvalue weighted by atomic mass is 10.2. The molecule has 8 heteroatoms. The number of amides is 1. The van der Waals surface area contributed by atoms with Gasteiger partial charge in [-0.3, -0.25) is 9.36 Å². The number of hydrogen-bond acceptors (Lipinski definition) is 6. The highest BCUT2D eigenvalue weighted by Gasteiger charge is 2.08. The van der Waals surface area contributed by atoms with Crippen LogP contribution >= 0.6 is 0 Å². The van der Waals surface area contributed by atoms with Crippen LogP contribution < -0.4 is 5.32 Å². The van der Waals surface area contributed by atoms with E-state index in [1.165, 1.54) is 0 Å². The minimum Gasteiger partial charge on any atom is -0.352 e. The Bertz CT molecular complexity index is 781. The smallest absolute Gasteiger partial charge is 0.251 e. The quantitative estimate of drug-likeness (QED) is 0.734. The van der Waals surface area contributed by atoms with Crippen molar-refractivity contribution < 1.29 is 9.32 Å². The largest absolute Gasteiger partial charge is 0.352 e. The minimum absolute atomic E-state index is 0.154. The van der Waals surface area contributed by atoms with E-state index in [2.05, 4.69) is 25.7 Å². The van der Waals surface area contributed by atoms with Crippen molar-refractivity contribution in [2.45, 2.75) is 19.8 Å². The highest BCUT2D eigenvalue weighted by Crippen LogP contribution is 2.09. The van der Waals surface area contributed by atoms with Gasteiger partial charge < -0.3 is 9.84 Å². The van der Waals surface area contributed by atoms with Gasteiger partial charge in [-0.15, -0.1) is 10.2 Å². The summed E-state index contributed by atoms with van der Waals surface area (Å²) in [6.45, 7) is 2.39. The second kappa shape index (κ2) is 6.82. The van der Waals surface area contributed by atoms with Crippen molar-refractivity contribution in [1.82, 2.24) is 30.2 Å². The summed E-state index contributed by atoms with van der Waals surface area (Å²) < 4.78 is 6.76. The minimum atomic E-state index is -0.154. The molecule has 118 valence electrons. The van der Waals surface area contributed by atoms with Crippen LogP contribution in [0.25, 0.3) is 5.69 Å². The number of aryl methyl sites for hydroxylation is 1. The lowest BCUT2D eigenvalue weighted by molar-refractivity contribution is 0.0954. The van der Waals surface area contributed by atoms with Gasteiger partial charge in [0.2, 0.25) is 5.89 Å². The lowest BCUT2D eigenvalue weighted by Crippen LogP contribution is -2.26. The maximum atomic E-state index is 12.2. The number of carbonyl (C=O) groups is 1. The van der Waals surface area contributed by atoms with Crippen molar-refractivity contribution in [3.8, 4) is 5.69 Å². The molecule has 8 nitrogen and oxygen atoms in total. The standard InChI is InChI=1S/C15H16N6O2/c1-2-14-19-13(20-23-14)6-7-16-15(22)11-4-3-5-12(8-11)21-9-17-18-10-21/h3-5,8-10H,2,6-7H2,1H3,(H,16,22). The van der Waals surface area contributed by atoms with Crippen LogP contribution in [0.4, 0.5) is 0 Å². The Morgan fingerprint density at radius 2 is 2.13 bits per heavy atom. The molecule has 0 fully saturated rings. The van der Waals surface area contributed by atoms with Gasteiger partial charge in [-0.1, -0.05) is 18.1 Å². The molecule has 3 rings (SSSR count). The molecule has 0 saturated carbocycles. The van der Waals surface area contributed by atoms with Gasteiger partial charge in [0.25, 0.3) is 5.91 Å². The van der Waals surface area contributed by atoms with E-state index < -0.39 is 0 Å². The Kier molecular flexibility index (Phi) is 4.41. The number of benzene rings is 1. The molecule has 0 spiro atoms. The molecule has 1 amide bonds. The van der Waals surface area contributed by atoms with Gasteiger partial charge in [0.1, 0.15) is 12.7 Å². The third kappa shape index (κ3) is 3.60. The maximum absolute atomic E-state index is 12.2. The number of aromatic nitrogens is 5. The van der Waals surface area contributed by atoms with Crippen molar-refractivity contribution in [3.63, 3.8) is 0 Å². The van der Waals surface area contributed by atoms with Crippen molar-refractivity contribution in [1.29, 1.82) is 0 Å². The van der Waals surface area contributed by atoms with E-state index >= 15 is 0 Å². The molecule has 0 aliphatic rings. The number of nitrogens with one attached hydrogen (secondary N) is 1. The summed E-state index contributed by atoms with van der Waals surface area (Å²) in [4.78, 5) is 16.4. The summed E-state index contributed by atoms with van der Waals surface area (Å²) in [6, 6.07) is 7.23. The van der Waals surface area contributed by atoms with Gasteiger partial charge in [0, 0.05) is 30.6 Å². The van der Waals surface area contributed by atoms with Crippen molar-refractivity contribution >= 4 is 5.91 Å². The average Bonchev–Trinajstić information content (AvgIpc) is 3.26. The fraction of sp³-hybridized carbons (Fsp3) is 0.267. The molecule has 23 heavy (non-hydrogen) atoms. The van der Waals surface area contributed by atoms with Crippen LogP contribution in [0.5, 0.6) is 0 Å². The molecule has 0 saturated heterocycles. The summed E-state index contributed by atoms with van der Waals surface area (Å²) in [5.41, 5.74) is 1.40. The fourth-order valence-electron chi connectivity index (χ4n) is 2.07. The maximum Gasteiger partial charge on any atom is 0.251 e. The Morgan fingerprint density at radius 3 is 2.87 bits per heavy atom. The van der Waals surface area contributed by atoms with Crippen molar-refractivity contribution in [2.75, 3.05) is 6.54 Å². The van der Waals surface area contributed by atoms with Gasteiger partial charge in [0.05, 0.1) is 0 Å². The summed E-state index contributed by atoms with van der Waals surface area (Å²) in [6.07, 6.45) is 4.40. The van der Waals surface area contributed by atoms with Crippen LogP contribution in [0.3, 0.4) is 0 Å². The Morgan fingerprint density at radius 1 is 1.30 bits per heavy atom. The Balaban J connectivity index is 1.59. The van der Waals surface area contributed by atoms with Crippen LogP contribution in [-0.4, -0.2) is 37.4 Å². The van der Waals surface area contributed by atoms with E-state index in [0.717, 1.165) is 5.69 Å². The van der Waals surface area contributed by atoms with Crippen LogP contribution in [0.15, 0.2) is 41.4 Å². The molecule has 0 bridgehead atoms. The molecular weight excluding hydrogens is 296 g/mol. The van der Waals surface area contributed by atoms with E-state index in [1.54, 1.807) is 29.4 Å². The molecular formula is C15H16N6O2. The van der Waals surface area contributed by atoms with Gasteiger partial charge >= 0.3 is 0 Å².